The lowest BCUT2D eigenvalue weighted by molar-refractivity contribution is -0.143. The van der Waals surface area contributed by atoms with Crippen LogP contribution in [0.5, 0.6) is 5.75 Å². The standard InChI is InChI=1S/C28H40O4SSi/c1-27(2,3)34(7,8)32-23-18-24(31-19-20-14-16-21(30-6)17-15-20)28(4,5)26(25(23)29)33-22-12-10-9-11-13-22/h9-17,23-24,26H,18-19H2,1-8H3/t23-,24-,26+/m0/s1. The highest BCUT2D eigenvalue weighted by molar-refractivity contribution is 8.00. The summed E-state index contributed by atoms with van der Waals surface area (Å²) in [6.45, 7) is 15.9. The van der Waals surface area contributed by atoms with Gasteiger partial charge in [0.1, 0.15) is 11.9 Å². The van der Waals surface area contributed by atoms with Crippen molar-refractivity contribution in [2.75, 3.05) is 7.11 Å². The fraction of sp³-hybridized carbons (Fsp3) is 0.536. The summed E-state index contributed by atoms with van der Waals surface area (Å²) in [5, 5.41) is -0.221. The lowest BCUT2D eigenvalue weighted by Crippen LogP contribution is -2.58. The molecule has 1 saturated carbocycles. The third kappa shape index (κ3) is 6.14. The van der Waals surface area contributed by atoms with E-state index in [1.165, 1.54) is 0 Å². The van der Waals surface area contributed by atoms with E-state index in [1.54, 1.807) is 18.9 Å². The Hall–Kier alpha value is -1.60. The molecule has 0 aromatic heterocycles. The lowest BCUT2D eigenvalue weighted by Gasteiger charge is -2.48. The van der Waals surface area contributed by atoms with Crippen molar-refractivity contribution < 1.29 is 18.7 Å². The maximum absolute atomic E-state index is 13.8. The number of thioether (sulfide) groups is 1. The predicted octanol–water partition coefficient (Wildman–Crippen LogP) is 7.13. The molecule has 6 heteroatoms. The first-order valence-electron chi connectivity index (χ1n) is 12.0. The number of carbonyl (C=O) groups excluding carboxylic acids is 1. The molecule has 34 heavy (non-hydrogen) atoms. The van der Waals surface area contributed by atoms with Crippen molar-refractivity contribution in [1.29, 1.82) is 0 Å². The topological polar surface area (TPSA) is 44.8 Å². The van der Waals surface area contributed by atoms with Crippen LogP contribution in [0.2, 0.25) is 18.1 Å². The van der Waals surface area contributed by atoms with E-state index >= 15 is 0 Å². The maximum atomic E-state index is 13.8. The molecule has 1 fully saturated rings. The molecule has 4 nitrogen and oxygen atoms in total. The van der Waals surface area contributed by atoms with Crippen LogP contribution in [0, 0.1) is 5.41 Å². The Bertz CT molecular complexity index is 951. The largest absolute Gasteiger partial charge is 0.497 e. The van der Waals surface area contributed by atoms with Gasteiger partial charge in [0, 0.05) is 16.7 Å². The van der Waals surface area contributed by atoms with Gasteiger partial charge in [-0.15, -0.1) is 11.8 Å². The van der Waals surface area contributed by atoms with Gasteiger partial charge in [0.2, 0.25) is 0 Å². The van der Waals surface area contributed by atoms with Gasteiger partial charge >= 0.3 is 0 Å². The van der Waals surface area contributed by atoms with Crippen LogP contribution in [0.25, 0.3) is 0 Å². The van der Waals surface area contributed by atoms with Gasteiger partial charge in [-0.1, -0.05) is 65.0 Å². The van der Waals surface area contributed by atoms with Gasteiger partial charge in [-0.05, 0) is 48.0 Å². The van der Waals surface area contributed by atoms with Gasteiger partial charge in [0.25, 0.3) is 0 Å². The van der Waals surface area contributed by atoms with Crippen LogP contribution < -0.4 is 4.74 Å². The van der Waals surface area contributed by atoms with E-state index in [0.29, 0.717) is 13.0 Å². The monoisotopic (exact) mass is 500 g/mol. The van der Waals surface area contributed by atoms with Crippen molar-refractivity contribution in [3.8, 4) is 5.75 Å². The highest BCUT2D eigenvalue weighted by atomic mass is 32.2. The zero-order chi connectivity index (χ0) is 25.1. The number of hydrogen-bond donors (Lipinski definition) is 0. The first-order valence-corrected chi connectivity index (χ1v) is 15.8. The van der Waals surface area contributed by atoms with Crippen molar-refractivity contribution in [2.45, 2.75) is 88.1 Å². The van der Waals surface area contributed by atoms with E-state index in [2.05, 4.69) is 59.8 Å². The second-order valence-electron chi connectivity index (χ2n) is 11.3. The molecule has 0 aliphatic heterocycles. The first-order chi connectivity index (χ1) is 15.8. The van der Waals surface area contributed by atoms with Gasteiger partial charge in [-0.3, -0.25) is 4.79 Å². The van der Waals surface area contributed by atoms with Crippen molar-refractivity contribution in [3.05, 3.63) is 60.2 Å². The minimum absolute atomic E-state index is 0.0295. The average Bonchev–Trinajstić information content (AvgIpc) is 2.78. The van der Waals surface area contributed by atoms with Gasteiger partial charge in [-0.2, -0.15) is 0 Å². The number of benzene rings is 2. The summed E-state index contributed by atoms with van der Waals surface area (Å²) in [6.07, 6.45) is 0.0275. The second-order valence-corrected chi connectivity index (χ2v) is 17.2. The number of hydrogen-bond acceptors (Lipinski definition) is 5. The van der Waals surface area contributed by atoms with E-state index in [9.17, 15) is 4.79 Å². The molecule has 0 N–H and O–H groups in total. The molecule has 3 rings (SSSR count). The molecular weight excluding hydrogens is 460 g/mol. The SMILES string of the molecule is COc1ccc(CO[C@H]2C[C@H](O[Si](C)(C)C(C)(C)C)C(=O)[C@@H](Sc3ccccc3)C2(C)C)cc1. The Kier molecular flexibility index (Phi) is 8.39. The Morgan fingerprint density at radius 1 is 1.03 bits per heavy atom. The van der Waals surface area contributed by atoms with Gasteiger partial charge in [0.15, 0.2) is 14.1 Å². The minimum atomic E-state index is -2.13. The third-order valence-electron chi connectivity index (χ3n) is 7.36. The molecule has 0 amide bonds. The van der Waals surface area contributed by atoms with Crippen molar-refractivity contribution in [3.63, 3.8) is 0 Å². The fourth-order valence-corrected chi connectivity index (χ4v) is 6.59. The quantitative estimate of drug-likeness (QED) is 0.361. The second kappa shape index (κ2) is 10.6. The smallest absolute Gasteiger partial charge is 0.193 e. The van der Waals surface area contributed by atoms with Crippen LogP contribution in [-0.4, -0.2) is 38.7 Å². The fourth-order valence-electron chi connectivity index (χ4n) is 4.00. The summed E-state index contributed by atoms with van der Waals surface area (Å²) < 4.78 is 18.5. The normalized spacial score (nSPS) is 23.1. The molecule has 186 valence electrons. The summed E-state index contributed by atoms with van der Waals surface area (Å²) in [5.41, 5.74) is 0.736. The Morgan fingerprint density at radius 3 is 2.21 bits per heavy atom. The Morgan fingerprint density at radius 2 is 1.65 bits per heavy atom. The zero-order valence-corrected chi connectivity index (χ0v) is 23.7. The van der Waals surface area contributed by atoms with Crippen LogP contribution in [-0.2, 0) is 20.6 Å². The molecule has 1 aliphatic rings. The summed E-state index contributed by atoms with van der Waals surface area (Å²) in [4.78, 5) is 14.9. The van der Waals surface area contributed by atoms with Crippen molar-refractivity contribution in [1.82, 2.24) is 0 Å². The minimum Gasteiger partial charge on any atom is -0.497 e. The third-order valence-corrected chi connectivity index (χ3v) is 13.5. The molecule has 0 bridgehead atoms. The molecule has 0 unspecified atom stereocenters. The Balaban J connectivity index is 1.86. The first kappa shape index (κ1) is 27.0. The van der Waals surface area contributed by atoms with Crippen LogP contribution in [0.1, 0.15) is 46.6 Å². The van der Waals surface area contributed by atoms with E-state index in [4.69, 9.17) is 13.9 Å². The Labute approximate surface area is 210 Å². The highest BCUT2D eigenvalue weighted by Crippen LogP contribution is 2.47. The molecule has 3 atom stereocenters. The van der Waals surface area contributed by atoms with Crippen LogP contribution in [0.3, 0.4) is 0 Å². The summed E-state index contributed by atoms with van der Waals surface area (Å²) in [7, 11) is -0.462. The van der Waals surface area contributed by atoms with Gasteiger partial charge in [0.05, 0.1) is 25.1 Å². The van der Waals surface area contributed by atoms with E-state index < -0.39 is 14.4 Å². The molecule has 0 heterocycles. The number of carbonyl (C=O) groups is 1. The number of rotatable bonds is 8. The van der Waals surface area contributed by atoms with Crippen molar-refractivity contribution in [2.24, 2.45) is 5.41 Å². The van der Waals surface area contributed by atoms with E-state index in [-0.39, 0.29) is 27.6 Å². The molecule has 1 aliphatic carbocycles. The molecule has 2 aromatic carbocycles. The number of methoxy groups -OCH3 is 1. The lowest BCUT2D eigenvalue weighted by atomic mass is 9.72. The van der Waals surface area contributed by atoms with E-state index in [0.717, 1.165) is 16.2 Å². The van der Waals surface area contributed by atoms with Gasteiger partial charge in [-0.25, -0.2) is 0 Å². The molecule has 0 radical (unpaired) electrons. The maximum Gasteiger partial charge on any atom is 0.193 e. The number of Topliss-reactive ketones (excluding diaryl/α,β-unsaturated/α-hetero) is 1. The molecule has 2 aromatic rings. The van der Waals surface area contributed by atoms with Crippen molar-refractivity contribution >= 4 is 25.9 Å². The molecule has 0 saturated heterocycles. The number of ether oxygens (including phenoxy) is 2. The molecule has 0 spiro atoms. The summed E-state index contributed by atoms with van der Waals surface area (Å²) in [5.74, 6) is 1.02. The molecular formula is C28H40O4SSi. The average molecular weight is 501 g/mol. The predicted molar refractivity (Wildman–Crippen MR) is 143 cm³/mol. The zero-order valence-electron chi connectivity index (χ0n) is 21.9. The summed E-state index contributed by atoms with van der Waals surface area (Å²) >= 11 is 1.64. The summed E-state index contributed by atoms with van der Waals surface area (Å²) in [6, 6.07) is 18.1. The van der Waals surface area contributed by atoms with Crippen LogP contribution in [0.4, 0.5) is 0 Å². The van der Waals surface area contributed by atoms with E-state index in [1.807, 2.05) is 42.5 Å². The highest BCUT2D eigenvalue weighted by Gasteiger charge is 2.53. The van der Waals surface area contributed by atoms with Crippen LogP contribution >= 0.6 is 11.8 Å². The van der Waals surface area contributed by atoms with Crippen LogP contribution in [0.15, 0.2) is 59.5 Å². The number of ketones is 1. The van der Waals surface area contributed by atoms with Gasteiger partial charge < -0.3 is 13.9 Å².